The Hall–Kier alpha value is -3.14. The molecule has 0 bridgehead atoms. The van der Waals surface area contributed by atoms with Crippen LogP contribution in [0.4, 0.5) is 24.5 Å². The van der Waals surface area contributed by atoms with Gasteiger partial charge in [0.2, 0.25) is 5.91 Å². The molecular weight excluding hydrogens is 401 g/mol. The van der Waals surface area contributed by atoms with Crippen LogP contribution in [0.1, 0.15) is 17.5 Å². The highest BCUT2D eigenvalue weighted by Gasteiger charge is 2.33. The van der Waals surface area contributed by atoms with Crippen LogP contribution in [0.3, 0.4) is 0 Å². The largest absolute Gasteiger partial charge is 0.416 e. The minimum atomic E-state index is -4.67. The van der Waals surface area contributed by atoms with Crippen molar-refractivity contribution in [2.45, 2.75) is 19.1 Å². The summed E-state index contributed by atoms with van der Waals surface area (Å²) >= 11 is 0. The number of halogens is 3. The molecule has 0 aliphatic rings. The van der Waals surface area contributed by atoms with Gasteiger partial charge in [0.25, 0.3) is 5.69 Å². The molecule has 0 heterocycles. The maximum Gasteiger partial charge on any atom is 0.416 e. The minimum absolute atomic E-state index is 0.0283. The van der Waals surface area contributed by atoms with E-state index in [2.05, 4.69) is 15.5 Å². The van der Waals surface area contributed by atoms with Crippen molar-refractivity contribution < 1.29 is 22.9 Å². The number of carbonyl (C=O) groups is 1. The van der Waals surface area contributed by atoms with Gasteiger partial charge >= 0.3 is 6.18 Å². The van der Waals surface area contributed by atoms with E-state index in [1.54, 1.807) is 0 Å². The van der Waals surface area contributed by atoms with Gasteiger partial charge in [-0.2, -0.15) is 13.2 Å². The first-order valence-electron chi connectivity index (χ1n) is 9.25. The number of nitro groups is 1. The second-order valence-electron chi connectivity index (χ2n) is 6.74. The predicted molar refractivity (Wildman–Crippen MR) is 107 cm³/mol. The van der Waals surface area contributed by atoms with Gasteiger partial charge in [-0.3, -0.25) is 14.9 Å². The van der Waals surface area contributed by atoms with E-state index in [1.807, 2.05) is 37.4 Å². The molecule has 0 aliphatic carbocycles. The van der Waals surface area contributed by atoms with Crippen LogP contribution >= 0.6 is 0 Å². The van der Waals surface area contributed by atoms with Crippen molar-refractivity contribution in [2.75, 3.05) is 32.0 Å². The van der Waals surface area contributed by atoms with Crippen LogP contribution in [0.15, 0.2) is 48.5 Å². The molecule has 2 aromatic carbocycles. The van der Waals surface area contributed by atoms with Crippen LogP contribution < -0.4 is 10.6 Å². The second-order valence-corrected chi connectivity index (χ2v) is 6.74. The highest BCUT2D eigenvalue weighted by molar-refractivity contribution is 5.76. The monoisotopic (exact) mass is 424 g/mol. The van der Waals surface area contributed by atoms with Crippen LogP contribution in [0.5, 0.6) is 0 Å². The van der Waals surface area contributed by atoms with Gasteiger partial charge in [0.05, 0.1) is 10.5 Å². The normalized spacial score (nSPS) is 11.4. The Bertz CT molecular complexity index is 860. The molecule has 2 rings (SSSR count). The Labute approximate surface area is 172 Å². The molecule has 0 saturated carbocycles. The zero-order chi connectivity index (χ0) is 22.1. The topological polar surface area (TPSA) is 87.5 Å². The van der Waals surface area contributed by atoms with Gasteiger partial charge in [-0.1, -0.05) is 30.3 Å². The van der Waals surface area contributed by atoms with Crippen molar-refractivity contribution >= 4 is 17.3 Å². The fraction of sp³-hybridized carbons (Fsp3) is 0.350. The summed E-state index contributed by atoms with van der Waals surface area (Å²) in [5.74, 6) is -0.259. The van der Waals surface area contributed by atoms with Gasteiger partial charge < -0.3 is 15.5 Å². The lowest BCUT2D eigenvalue weighted by molar-refractivity contribution is -0.384. The molecule has 0 aliphatic heterocycles. The van der Waals surface area contributed by atoms with Gasteiger partial charge in [-0.25, -0.2) is 0 Å². The molecule has 2 N–H and O–H groups in total. The molecular formula is C20H23F3N4O3. The van der Waals surface area contributed by atoms with Crippen LogP contribution in [0.25, 0.3) is 0 Å². The van der Waals surface area contributed by atoms with Crippen LogP contribution in [-0.2, 0) is 17.5 Å². The number of hydrogen-bond acceptors (Lipinski definition) is 5. The first-order valence-corrected chi connectivity index (χ1v) is 9.25. The van der Waals surface area contributed by atoms with E-state index in [1.165, 1.54) is 0 Å². The van der Waals surface area contributed by atoms with Gasteiger partial charge in [-0.15, -0.1) is 0 Å². The summed E-state index contributed by atoms with van der Waals surface area (Å²) < 4.78 is 38.2. The lowest BCUT2D eigenvalue weighted by atomic mass is 10.1. The zero-order valence-electron chi connectivity index (χ0n) is 16.4. The third-order valence-corrected chi connectivity index (χ3v) is 4.30. The van der Waals surface area contributed by atoms with Gasteiger partial charge in [0.1, 0.15) is 5.69 Å². The quantitative estimate of drug-likeness (QED) is 0.449. The first-order chi connectivity index (χ1) is 14.2. The average Bonchev–Trinajstić information content (AvgIpc) is 2.68. The number of carbonyl (C=O) groups excluding carboxylic acids is 1. The molecule has 162 valence electrons. The molecule has 30 heavy (non-hydrogen) atoms. The number of amides is 1. The smallest absolute Gasteiger partial charge is 0.379 e. The highest BCUT2D eigenvalue weighted by Crippen LogP contribution is 2.34. The van der Waals surface area contributed by atoms with Gasteiger partial charge in [-0.05, 0) is 24.7 Å². The molecule has 1 amide bonds. The van der Waals surface area contributed by atoms with Gasteiger partial charge in [0.15, 0.2) is 0 Å². The maximum absolute atomic E-state index is 12.7. The Kier molecular flexibility index (Phi) is 8.16. The first kappa shape index (κ1) is 23.1. The number of likely N-dealkylation sites (N-methyl/N-ethyl adjacent to an activating group) is 1. The van der Waals surface area contributed by atoms with Crippen molar-refractivity contribution in [3.8, 4) is 0 Å². The summed E-state index contributed by atoms with van der Waals surface area (Å²) in [7, 11) is 1.93. The van der Waals surface area contributed by atoms with Crippen molar-refractivity contribution in [3.63, 3.8) is 0 Å². The lowest BCUT2D eigenvalue weighted by Gasteiger charge is -2.17. The number of nitro benzene ring substituents is 1. The number of nitrogens with zero attached hydrogens (tertiary/aromatic N) is 2. The molecule has 0 spiro atoms. The van der Waals surface area contributed by atoms with E-state index in [0.717, 1.165) is 24.2 Å². The molecule has 10 heteroatoms. The number of anilines is 1. The van der Waals surface area contributed by atoms with Crippen molar-refractivity contribution in [1.82, 2.24) is 10.2 Å². The van der Waals surface area contributed by atoms with E-state index < -0.39 is 22.4 Å². The fourth-order valence-electron chi connectivity index (χ4n) is 2.77. The Morgan fingerprint density at radius 3 is 2.47 bits per heavy atom. The number of nitrogens with one attached hydrogen (secondary N) is 2. The van der Waals surface area contributed by atoms with Gasteiger partial charge in [0, 0.05) is 38.7 Å². The SMILES string of the molecule is CN(CCNC(=O)CCNc1ccc(C(F)(F)F)cc1[N+](=O)[O-])Cc1ccccc1. The Morgan fingerprint density at radius 1 is 1.13 bits per heavy atom. The summed E-state index contributed by atoms with van der Waals surface area (Å²) in [6, 6.07) is 12.1. The number of rotatable bonds is 10. The summed E-state index contributed by atoms with van der Waals surface area (Å²) in [5, 5.41) is 16.5. The molecule has 0 radical (unpaired) electrons. The zero-order valence-corrected chi connectivity index (χ0v) is 16.4. The molecule has 0 aromatic heterocycles. The Morgan fingerprint density at radius 2 is 1.83 bits per heavy atom. The van der Waals surface area contributed by atoms with Crippen molar-refractivity contribution in [2.24, 2.45) is 0 Å². The number of hydrogen-bond donors (Lipinski definition) is 2. The molecule has 0 saturated heterocycles. The molecule has 2 aromatic rings. The molecule has 0 fully saturated rings. The molecule has 0 unspecified atom stereocenters. The Balaban J connectivity index is 1.75. The predicted octanol–water partition coefficient (Wildman–Crippen LogP) is 3.66. The summed E-state index contributed by atoms with van der Waals surface area (Å²) in [4.78, 5) is 24.1. The maximum atomic E-state index is 12.7. The van der Waals surface area contributed by atoms with E-state index in [9.17, 15) is 28.1 Å². The highest BCUT2D eigenvalue weighted by atomic mass is 19.4. The van der Waals surface area contributed by atoms with E-state index >= 15 is 0 Å². The van der Waals surface area contributed by atoms with E-state index in [4.69, 9.17) is 0 Å². The fourth-order valence-corrected chi connectivity index (χ4v) is 2.77. The minimum Gasteiger partial charge on any atom is -0.379 e. The third-order valence-electron chi connectivity index (χ3n) is 4.30. The lowest BCUT2D eigenvalue weighted by Crippen LogP contribution is -2.33. The standard InChI is InChI=1S/C20H23F3N4O3/c1-26(14-15-5-3-2-4-6-15)12-11-25-19(28)9-10-24-17-8-7-16(20(21,22)23)13-18(17)27(29)30/h2-8,13,24H,9-12,14H2,1H3,(H,25,28). The van der Waals surface area contributed by atoms with Crippen LogP contribution in [0.2, 0.25) is 0 Å². The summed E-state index contributed by atoms with van der Waals surface area (Å²) in [6.45, 7) is 1.87. The molecule has 7 nitrogen and oxygen atoms in total. The number of benzene rings is 2. The summed E-state index contributed by atoms with van der Waals surface area (Å²) in [5.41, 5.74) is -0.693. The van der Waals surface area contributed by atoms with Crippen LogP contribution in [0, 0.1) is 10.1 Å². The van der Waals surface area contributed by atoms with Crippen molar-refractivity contribution in [1.29, 1.82) is 0 Å². The molecule has 0 atom stereocenters. The van der Waals surface area contributed by atoms with Crippen molar-refractivity contribution in [3.05, 3.63) is 69.8 Å². The average molecular weight is 424 g/mol. The number of alkyl halides is 3. The third kappa shape index (κ3) is 7.36. The van der Waals surface area contributed by atoms with E-state index in [0.29, 0.717) is 19.2 Å². The van der Waals surface area contributed by atoms with Crippen LogP contribution in [-0.4, -0.2) is 42.4 Å². The second kappa shape index (κ2) is 10.6. The van der Waals surface area contributed by atoms with E-state index in [-0.39, 0.29) is 24.6 Å². The summed E-state index contributed by atoms with van der Waals surface area (Å²) in [6.07, 6.45) is -4.64.